The molecule has 5 heteroatoms. The van der Waals surface area contributed by atoms with Crippen LogP contribution in [0.5, 0.6) is 0 Å². The van der Waals surface area contributed by atoms with Crippen LogP contribution in [0.4, 0.5) is 0 Å². The van der Waals surface area contributed by atoms with Crippen molar-refractivity contribution >= 4 is 7.32 Å². The summed E-state index contributed by atoms with van der Waals surface area (Å²) in [4.78, 5) is 0. The summed E-state index contributed by atoms with van der Waals surface area (Å²) >= 11 is 0. The number of hydrogen-bond acceptors (Lipinski definition) is 4. The number of rotatable bonds is 9. The van der Waals surface area contributed by atoms with Crippen LogP contribution in [0.2, 0.25) is 0 Å². The molecule has 4 nitrogen and oxygen atoms in total. The summed E-state index contributed by atoms with van der Waals surface area (Å²) in [6.07, 6.45) is 11.2. The standard InChI is InChI=1S/C13H25N.BH3O3/c1-3-5-7-9-11-13(12-14)10-8-6-4-2;2-1(3)4/h13H,3-11H2,1-2H3;2-4H. The van der Waals surface area contributed by atoms with Crippen LogP contribution in [-0.2, 0) is 0 Å². The Morgan fingerprint density at radius 2 is 1.28 bits per heavy atom. The molecular weight excluding hydrogens is 229 g/mol. The first-order valence-corrected chi connectivity index (χ1v) is 7.02. The molecule has 0 spiro atoms. The van der Waals surface area contributed by atoms with Crippen molar-refractivity contribution in [2.75, 3.05) is 0 Å². The first kappa shape index (κ1) is 19.8. The molecule has 1 unspecified atom stereocenters. The average Bonchev–Trinajstić information content (AvgIpc) is 2.32. The maximum absolute atomic E-state index is 8.93. The number of nitriles is 1. The van der Waals surface area contributed by atoms with Crippen LogP contribution in [0.1, 0.15) is 71.6 Å². The predicted molar refractivity (Wildman–Crippen MR) is 74.4 cm³/mol. The predicted octanol–water partition coefficient (Wildman–Crippen LogP) is 2.63. The molecule has 0 bridgehead atoms. The Labute approximate surface area is 112 Å². The summed E-state index contributed by atoms with van der Waals surface area (Å²) < 4.78 is 0. The van der Waals surface area contributed by atoms with E-state index in [-0.39, 0.29) is 0 Å². The Hall–Kier alpha value is -0.565. The lowest BCUT2D eigenvalue weighted by Gasteiger charge is -2.07. The third-order valence-electron chi connectivity index (χ3n) is 2.74. The van der Waals surface area contributed by atoms with Gasteiger partial charge in [-0.15, -0.1) is 0 Å². The largest absolute Gasteiger partial charge is 0.631 e. The van der Waals surface area contributed by atoms with E-state index in [0.717, 1.165) is 12.8 Å². The normalized spacial score (nSPS) is 11.1. The quantitative estimate of drug-likeness (QED) is 0.438. The second-order valence-corrected chi connectivity index (χ2v) is 4.52. The van der Waals surface area contributed by atoms with Gasteiger partial charge in [-0.05, 0) is 12.8 Å². The summed E-state index contributed by atoms with van der Waals surface area (Å²) in [7, 11) is -2.17. The van der Waals surface area contributed by atoms with Crippen molar-refractivity contribution in [1.29, 1.82) is 5.26 Å². The van der Waals surface area contributed by atoms with Crippen molar-refractivity contribution in [3.63, 3.8) is 0 Å². The Kier molecular flexibility index (Phi) is 18.0. The molecule has 0 heterocycles. The zero-order valence-corrected chi connectivity index (χ0v) is 11.8. The number of unbranched alkanes of at least 4 members (excludes halogenated alkanes) is 5. The number of nitrogens with zero attached hydrogens (tertiary/aromatic N) is 1. The minimum atomic E-state index is -2.17. The second kappa shape index (κ2) is 16.4. The lowest BCUT2D eigenvalue weighted by Crippen LogP contribution is -2.07. The summed E-state index contributed by atoms with van der Waals surface area (Å²) in [6, 6.07) is 2.44. The summed E-state index contributed by atoms with van der Waals surface area (Å²) in [5.74, 6) is 0.332. The molecule has 0 aliphatic rings. The molecule has 0 aromatic heterocycles. The molecule has 0 fully saturated rings. The Morgan fingerprint density at radius 3 is 1.67 bits per heavy atom. The topological polar surface area (TPSA) is 84.5 Å². The van der Waals surface area contributed by atoms with E-state index in [9.17, 15) is 0 Å². The third kappa shape index (κ3) is 20.8. The van der Waals surface area contributed by atoms with Gasteiger partial charge in [0, 0.05) is 5.92 Å². The smallest absolute Gasteiger partial charge is 0.402 e. The van der Waals surface area contributed by atoms with Crippen LogP contribution in [0, 0.1) is 17.2 Å². The SMILES string of the molecule is CCCCCCC(C#N)CCCCC.OB(O)O. The first-order chi connectivity index (χ1) is 8.58. The molecular formula is C13H28BNO3. The fraction of sp³-hybridized carbons (Fsp3) is 0.923. The van der Waals surface area contributed by atoms with Gasteiger partial charge in [0.1, 0.15) is 0 Å². The summed E-state index contributed by atoms with van der Waals surface area (Å²) in [5.41, 5.74) is 0. The molecule has 0 aromatic rings. The van der Waals surface area contributed by atoms with E-state index >= 15 is 0 Å². The van der Waals surface area contributed by atoms with Crippen molar-refractivity contribution in [1.82, 2.24) is 0 Å². The molecule has 0 aliphatic heterocycles. The zero-order chi connectivity index (χ0) is 14.2. The van der Waals surface area contributed by atoms with Crippen molar-refractivity contribution in [2.24, 2.45) is 5.92 Å². The lowest BCUT2D eigenvalue weighted by atomic mass is 9.96. The van der Waals surface area contributed by atoms with Gasteiger partial charge in [-0.25, -0.2) is 0 Å². The van der Waals surface area contributed by atoms with Gasteiger partial charge in [0.2, 0.25) is 0 Å². The first-order valence-electron chi connectivity index (χ1n) is 7.02. The van der Waals surface area contributed by atoms with E-state index in [0.29, 0.717) is 5.92 Å². The highest BCUT2D eigenvalue weighted by molar-refractivity contribution is 6.30. The minimum Gasteiger partial charge on any atom is -0.402 e. The highest BCUT2D eigenvalue weighted by atomic mass is 16.5. The Bertz CT molecular complexity index is 192. The third-order valence-corrected chi connectivity index (χ3v) is 2.74. The Balaban J connectivity index is 0. The number of hydrogen-bond donors (Lipinski definition) is 3. The lowest BCUT2D eigenvalue weighted by molar-refractivity contribution is 0.278. The van der Waals surface area contributed by atoms with Crippen molar-refractivity contribution < 1.29 is 15.1 Å². The Morgan fingerprint density at radius 1 is 0.889 bits per heavy atom. The van der Waals surface area contributed by atoms with Crippen molar-refractivity contribution in [2.45, 2.75) is 71.6 Å². The molecule has 0 saturated carbocycles. The summed E-state index contributed by atoms with van der Waals surface area (Å²) in [6.45, 7) is 4.44. The monoisotopic (exact) mass is 257 g/mol. The maximum Gasteiger partial charge on any atom is 0.631 e. The van der Waals surface area contributed by atoms with Crippen LogP contribution in [0.3, 0.4) is 0 Å². The fourth-order valence-corrected chi connectivity index (χ4v) is 1.73. The van der Waals surface area contributed by atoms with Gasteiger partial charge in [0.15, 0.2) is 0 Å². The molecule has 0 aliphatic carbocycles. The van der Waals surface area contributed by atoms with Gasteiger partial charge in [0.05, 0.1) is 6.07 Å². The van der Waals surface area contributed by atoms with Gasteiger partial charge in [0.25, 0.3) is 0 Å². The molecule has 0 amide bonds. The zero-order valence-electron chi connectivity index (χ0n) is 11.8. The van der Waals surface area contributed by atoms with Gasteiger partial charge in [-0.3, -0.25) is 0 Å². The van der Waals surface area contributed by atoms with E-state index in [2.05, 4.69) is 19.9 Å². The molecule has 3 N–H and O–H groups in total. The maximum atomic E-state index is 8.93. The van der Waals surface area contributed by atoms with E-state index in [4.69, 9.17) is 20.3 Å². The molecule has 1 atom stereocenters. The summed E-state index contributed by atoms with van der Waals surface area (Å²) in [5, 5.41) is 30.4. The van der Waals surface area contributed by atoms with Crippen LogP contribution in [0.25, 0.3) is 0 Å². The van der Waals surface area contributed by atoms with E-state index in [1.54, 1.807) is 0 Å². The molecule has 0 rings (SSSR count). The molecule has 0 saturated heterocycles. The molecule has 18 heavy (non-hydrogen) atoms. The van der Waals surface area contributed by atoms with E-state index in [1.165, 1.54) is 44.9 Å². The van der Waals surface area contributed by atoms with Crippen LogP contribution >= 0.6 is 0 Å². The van der Waals surface area contributed by atoms with Gasteiger partial charge >= 0.3 is 7.32 Å². The molecule has 0 radical (unpaired) electrons. The molecule has 106 valence electrons. The van der Waals surface area contributed by atoms with Crippen molar-refractivity contribution in [3.8, 4) is 6.07 Å². The fourth-order valence-electron chi connectivity index (χ4n) is 1.73. The van der Waals surface area contributed by atoms with Crippen molar-refractivity contribution in [3.05, 3.63) is 0 Å². The van der Waals surface area contributed by atoms with E-state index < -0.39 is 7.32 Å². The van der Waals surface area contributed by atoms with Crippen LogP contribution in [-0.4, -0.2) is 22.4 Å². The molecule has 0 aromatic carbocycles. The van der Waals surface area contributed by atoms with E-state index in [1.807, 2.05) is 0 Å². The van der Waals surface area contributed by atoms with Gasteiger partial charge in [-0.2, -0.15) is 5.26 Å². The highest BCUT2D eigenvalue weighted by Crippen LogP contribution is 2.16. The highest BCUT2D eigenvalue weighted by Gasteiger charge is 2.05. The van der Waals surface area contributed by atoms with Gasteiger partial charge < -0.3 is 15.1 Å². The average molecular weight is 257 g/mol. The van der Waals surface area contributed by atoms with Crippen LogP contribution < -0.4 is 0 Å². The minimum absolute atomic E-state index is 0.332. The second-order valence-electron chi connectivity index (χ2n) is 4.52. The van der Waals surface area contributed by atoms with Gasteiger partial charge in [-0.1, -0.05) is 58.8 Å². The van der Waals surface area contributed by atoms with Crippen LogP contribution in [0.15, 0.2) is 0 Å².